The Hall–Kier alpha value is -3.58. The Morgan fingerprint density at radius 1 is 0.833 bits per heavy atom. The number of amides is 2. The van der Waals surface area contributed by atoms with Crippen molar-refractivity contribution in [3.05, 3.63) is 101 Å². The molecule has 188 valence electrons. The molecule has 7 heteroatoms. The summed E-state index contributed by atoms with van der Waals surface area (Å²) in [5.74, 6) is -1.27. The number of carbonyl (C=O) groups excluding carboxylic acids is 2. The van der Waals surface area contributed by atoms with Crippen molar-refractivity contribution in [2.75, 3.05) is 31.1 Å². The van der Waals surface area contributed by atoms with Crippen LogP contribution in [0.4, 0.5) is 14.5 Å². The van der Waals surface area contributed by atoms with Crippen molar-refractivity contribution in [3.63, 3.8) is 0 Å². The van der Waals surface area contributed by atoms with E-state index in [2.05, 4.69) is 10.2 Å². The molecule has 0 aromatic heterocycles. The number of likely N-dealkylation sites (tertiary alicyclic amines) is 1. The molecule has 1 aliphatic heterocycles. The zero-order valence-corrected chi connectivity index (χ0v) is 20.3. The molecule has 0 atom stereocenters. The minimum atomic E-state index is -0.496. The first-order chi connectivity index (χ1) is 17.5. The number of hydrogen-bond donors (Lipinski definition) is 1. The molecule has 1 N–H and O–H groups in total. The van der Waals surface area contributed by atoms with E-state index < -0.39 is 5.82 Å². The second-order valence-corrected chi connectivity index (χ2v) is 9.12. The highest BCUT2D eigenvalue weighted by molar-refractivity contribution is 6.06. The zero-order valence-electron chi connectivity index (χ0n) is 20.3. The van der Waals surface area contributed by atoms with Crippen LogP contribution in [0.2, 0.25) is 0 Å². The molecule has 4 rings (SSSR count). The summed E-state index contributed by atoms with van der Waals surface area (Å²) in [6.07, 6.45) is 3.98. The molecule has 0 spiro atoms. The number of nitrogens with one attached hydrogen (secondary N) is 1. The first kappa shape index (κ1) is 25.5. The van der Waals surface area contributed by atoms with Crippen molar-refractivity contribution >= 4 is 17.5 Å². The third kappa shape index (κ3) is 7.21. The third-order valence-electron chi connectivity index (χ3n) is 6.38. The van der Waals surface area contributed by atoms with Crippen molar-refractivity contribution in [1.29, 1.82) is 0 Å². The van der Waals surface area contributed by atoms with Gasteiger partial charge in [0.25, 0.3) is 5.91 Å². The van der Waals surface area contributed by atoms with Crippen molar-refractivity contribution in [1.82, 2.24) is 10.2 Å². The maximum absolute atomic E-state index is 13.8. The Morgan fingerprint density at radius 3 is 2.22 bits per heavy atom. The first-order valence-corrected chi connectivity index (χ1v) is 12.4. The maximum atomic E-state index is 13.8. The molecule has 0 radical (unpaired) electrons. The van der Waals surface area contributed by atoms with E-state index in [4.69, 9.17) is 0 Å². The number of hydrogen-bond acceptors (Lipinski definition) is 3. The van der Waals surface area contributed by atoms with Gasteiger partial charge in [-0.1, -0.05) is 36.8 Å². The van der Waals surface area contributed by atoms with Crippen LogP contribution >= 0.6 is 0 Å². The second kappa shape index (κ2) is 12.4. The van der Waals surface area contributed by atoms with E-state index in [1.54, 1.807) is 30.3 Å². The monoisotopic (exact) mass is 491 g/mol. The average Bonchev–Trinajstić information content (AvgIpc) is 2.89. The Kier molecular flexibility index (Phi) is 8.79. The minimum absolute atomic E-state index is 0.0428. The fraction of sp³-hybridized carbons (Fsp3) is 0.310. The molecule has 1 saturated heterocycles. The van der Waals surface area contributed by atoms with Crippen LogP contribution in [0.3, 0.4) is 0 Å². The van der Waals surface area contributed by atoms with Crippen molar-refractivity contribution in [3.8, 4) is 0 Å². The van der Waals surface area contributed by atoms with Crippen LogP contribution in [0.15, 0.2) is 72.8 Å². The van der Waals surface area contributed by atoms with Crippen LogP contribution < -0.4 is 10.2 Å². The molecule has 0 unspecified atom stereocenters. The van der Waals surface area contributed by atoms with Gasteiger partial charge in [0.2, 0.25) is 5.91 Å². The van der Waals surface area contributed by atoms with Gasteiger partial charge in [0, 0.05) is 24.3 Å². The largest absolute Gasteiger partial charge is 0.355 e. The molecule has 0 bridgehead atoms. The van der Waals surface area contributed by atoms with Crippen molar-refractivity contribution in [2.24, 2.45) is 0 Å². The molecule has 3 aromatic rings. The van der Waals surface area contributed by atoms with E-state index in [1.165, 1.54) is 54.5 Å². The van der Waals surface area contributed by atoms with Crippen LogP contribution in [-0.2, 0) is 17.8 Å². The van der Waals surface area contributed by atoms with Crippen LogP contribution in [0, 0.1) is 11.6 Å². The molecule has 5 nitrogen and oxygen atoms in total. The maximum Gasteiger partial charge on any atom is 0.258 e. The van der Waals surface area contributed by atoms with Gasteiger partial charge in [0.1, 0.15) is 11.6 Å². The Bertz CT molecular complexity index is 1160. The topological polar surface area (TPSA) is 52.7 Å². The van der Waals surface area contributed by atoms with Gasteiger partial charge in [0.05, 0.1) is 13.0 Å². The Labute approximate surface area is 210 Å². The van der Waals surface area contributed by atoms with Gasteiger partial charge in [-0.15, -0.1) is 0 Å². The lowest BCUT2D eigenvalue weighted by Gasteiger charge is -2.26. The SMILES string of the molecule is O=C(Cc1ccc(N(Cc2ccc(F)cc2)C(=O)c2cccc(F)c2)cc1)NCCN1CCCCC1. The van der Waals surface area contributed by atoms with E-state index in [-0.39, 0.29) is 36.2 Å². The van der Waals surface area contributed by atoms with E-state index >= 15 is 0 Å². The highest BCUT2D eigenvalue weighted by Gasteiger charge is 2.19. The fourth-order valence-corrected chi connectivity index (χ4v) is 4.41. The van der Waals surface area contributed by atoms with E-state index in [0.717, 1.165) is 30.8 Å². The van der Waals surface area contributed by atoms with E-state index in [1.807, 2.05) is 12.1 Å². The summed E-state index contributed by atoms with van der Waals surface area (Å²) in [5.41, 5.74) is 2.38. The highest BCUT2D eigenvalue weighted by atomic mass is 19.1. The third-order valence-corrected chi connectivity index (χ3v) is 6.38. The van der Waals surface area contributed by atoms with Crippen molar-refractivity contribution < 1.29 is 18.4 Å². The molecule has 0 saturated carbocycles. The molecule has 1 fully saturated rings. The summed E-state index contributed by atoms with van der Waals surface area (Å²) in [5, 5.41) is 2.99. The average molecular weight is 492 g/mol. The summed E-state index contributed by atoms with van der Waals surface area (Å²) < 4.78 is 27.2. The molecule has 36 heavy (non-hydrogen) atoms. The Balaban J connectivity index is 1.42. The number of piperidine rings is 1. The van der Waals surface area contributed by atoms with Crippen LogP contribution in [0.5, 0.6) is 0 Å². The number of nitrogens with zero attached hydrogens (tertiary/aromatic N) is 2. The predicted molar refractivity (Wildman–Crippen MR) is 137 cm³/mol. The second-order valence-electron chi connectivity index (χ2n) is 9.12. The molecule has 2 amide bonds. The highest BCUT2D eigenvalue weighted by Crippen LogP contribution is 2.22. The number of benzene rings is 3. The minimum Gasteiger partial charge on any atom is -0.355 e. The first-order valence-electron chi connectivity index (χ1n) is 12.4. The standard InChI is InChI=1S/C29H31F2N3O2/c30-25-11-7-23(8-12-25)21-34(29(36)24-5-4-6-26(31)20-24)27-13-9-22(10-14-27)19-28(35)32-15-18-33-16-2-1-3-17-33/h4-14,20H,1-3,15-19,21H2,(H,32,35). The van der Waals surface area contributed by atoms with Gasteiger partial charge < -0.3 is 15.1 Å². The van der Waals surface area contributed by atoms with E-state index in [0.29, 0.717) is 12.2 Å². The summed E-state index contributed by atoms with van der Waals surface area (Å²) in [7, 11) is 0. The molecular weight excluding hydrogens is 460 g/mol. The summed E-state index contributed by atoms with van der Waals surface area (Å²) in [6.45, 7) is 3.88. The fourth-order valence-electron chi connectivity index (χ4n) is 4.41. The normalized spacial score (nSPS) is 13.8. The van der Waals surface area contributed by atoms with Gasteiger partial charge in [-0.05, 0) is 79.5 Å². The van der Waals surface area contributed by atoms with Gasteiger partial charge in [-0.3, -0.25) is 9.59 Å². The molecule has 1 heterocycles. The van der Waals surface area contributed by atoms with Crippen molar-refractivity contribution in [2.45, 2.75) is 32.2 Å². The number of rotatable bonds is 9. The lowest BCUT2D eigenvalue weighted by Crippen LogP contribution is -2.38. The van der Waals surface area contributed by atoms with Crippen LogP contribution in [0.1, 0.15) is 40.7 Å². The van der Waals surface area contributed by atoms with Crippen LogP contribution in [-0.4, -0.2) is 42.9 Å². The quantitative estimate of drug-likeness (QED) is 0.461. The Morgan fingerprint density at radius 2 is 1.53 bits per heavy atom. The lowest BCUT2D eigenvalue weighted by atomic mass is 10.1. The van der Waals surface area contributed by atoms with Gasteiger partial charge >= 0.3 is 0 Å². The number of anilines is 1. The van der Waals surface area contributed by atoms with E-state index in [9.17, 15) is 18.4 Å². The van der Waals surface area contributed by atoms with Gasteiger partial charge in [-0.2, -0.15) is 0 Å². The molecular formula is C29H31F2N3O2. The van der Waals surface area contributed by atoms with Crippen LogP contribution in [0.25, 0.3) is 0 Å². The molecule has 3 aromatic carbocycles. The van der Waals surface area contributed by atoms with Gasteiger partial charge in [-0.25, -0.2) is 8.78 Å². The summed E-state index contributed by atoms with van der Waals surface area (Å²) in [6, 6.07) is 18.6. The summed E-state index contributed by atoms with van der Waals surface area (Å²) in [4.78, 5) is 29.6. The smallest absolute Gasteiger partial charge is 0.258 e. The summed E-state index contributed by atoms with van der Waals surface area (Å²) >= 11 is 0. The van der Waals surface area contributed by atoms with Gasteiger partial charge in [0.15, 0.2) is 0 Å². The lowest BCUT2D eigenvalue weighted by molar-refractivity contribution is -0.120. The number of carbonyl (C=O) groups is 2. The molecule has 1 aliphatic rings. The molecule has 0 aliphatic carbocycles. The number of halogens is 2. The zero-order chi connectivity index (χ0) is 25.3. The predicted octanol–water partition coefficient (Wildman–Crippen LogP) is 4.96.